The van der Waals surface area contributed by atoms with E-state index in [0.29, 0.717) is 36.7 Å². The molecule has 31 heavy (non-hydrogen) atoms. The normalized spacial score (nSPS) is 19.9. The van der Waals surface area contributed by atoms with Crippen LogP contribution >= 0.6 is 0 Å². The minimum absolute atomic E-state index is 0.0486. The maximum absolute atomic E-state index is 13.1. The van der Waals surface area contributed by atoms with E-state index in [1.54, 1.807) is 35.7 Å². The Labute approximate surface area is 184 Å². The van der Waals surface area contributed by atoms with Crippen molar-refractivity contribution >= 4 is 15.9 Å². The molecule has 1 spiro atoms. The summed E-state index contributed by atoms with van der Waals surface area (Å²) in [6.07, 6.45) is 3.91. The van der Waals surface area contributed by atoms with Crippen molar-refractivity contribution < 1.29 is 17.9 Å². The highest BCUT2D eigenvalue weighted by Gasteiger charge is 2.40. The van der Waals surface area contributed by atoms with Gasteiger partial charge in [0.15, 0.2) is 0 Å². The molecule has 0 bridgehead atoms. The molecule has 2 saturated heterocycles. The van der Waals surface area contributed by atoms with Crippen molar-refractivity contribution in [2.45, 2.75) is 43.5 Å². The summed E-state index contributed by atoms with van der Waals surface area (Å²) >= 11 is 0. The number of ether oxygens (including phenoxy) is 1. The van der Waals surface area contributed by atoms with Crippen LogP contribution in [0.3, 0.4) is 0 Å². The first-order chi connectivity index (χ1) is 14.9. The van der Waals surface area contributed by atoms with Crippen molar-refractivity contribution in [2.24, 2.45) is 5.41 Å². The number of piperidine rings is 1. The fourth-order valence-electron chi connectivity index (χ4n) is 4.72. The number of nitrogens with zero attached hydrogens (tertiary/aromatic N) is 2. The third kappa shape index (κ3) is 4.77. The molecular weight excluding hydrogens is 412 g/mol. The van der Waals surface area contributed by atoms with Crippen molar-refractivity contribution in [1.29, 1.82) is 0 Å². The molecule has 0 saturated carbocycles. The predicted molar refractivity (Wildman–Crippen MR) is 119 cm³/mol. The molecule has 0 atom stereocenters. The molecule has 4 rings (SSSR count). The van der Waals surface area contributed by atoms with Crippen LogP contribution in [0.15, 0.2) is 59.5 Å². The van der Waals surface area contributed by atoms with Crippen LogP contribution in [0.2, 0.25) is 0 Å². The monoisotopic (exact) mass is 442 g/mol. The van der Waals surface area contributed by atoms with E-state index in [4.69, 9.17) is 4.74 Å². The zero-order valence-corrected chi connectivity index (χ0v) is 18.8. The average Bonchev–Trinajstić information content (AvgIpc) is 2.95. The predicted octanol–water partition coefficient (Wildman–Crippen LogP) is 3.68. The molecule has 2 aliphatic rings. The molecular formula is C24H30N2O4S. The lowest BCUT2D eigenvalue weighted by molar-refractivity contribution is -0.131. The maximum Gasteiger partial charge on any atom is 0.243 e. The summed E-state index contributed by atoms with van der Waals surface area (Å²) in [5.41, 5.74) is 1.19. The van der Waals surface area contributed by atoms with Crippen LogP contribution in [0.25, 0.3) is 0 Å². The van der Waals surface area contributed by atoms with Gasteiger partial charge < -0.3 is 9.64 Å². The Kier molecular flexibility index (Phi) is 6.34. The van der Waals surface area contributed by atoms with Crippen LogP contribution < -0.4 is 4.74 Å². The van der Waals surface area contributed by atoms with Crippen LogP contribution in [-0.4, -0.2) is 50.3 Å². The second kappa shape index (κ2) is 9.01. The van der Waals surface area contributed by atoms with Gasteiger partial charge in [0.1, 0.15) is 5.75 Å². The number of methoxy groups -OCH3 is 1. The van der Waals surface area contributed by atoms with Gasteiger partial charge in [-0.05, 0) is 60.9 Å². The van der Waals surface area contributed by atoms with Gasteiger partial charge in [0.25, 0.3) is 0 Å². The molecule has 0 radical (unpaired) electrons. The Hall–Kier alpha value is -2.38. The highest BCUT2D eigenvalue weighted by molar-refractivity contribution is 7.89. The topological polar surface area (TPSA) is 66.9 Å². The van der Waals surface area contributed by atoms with Gasteiger partial charge in [-0.1, -0.05) is 30.3 Å². The molecule has 0 N–H and O–H groups in total. The van der Waals surface area contributed by atoms with Crippen molar-refractivity contribution in [1.82, 2.24) is 9.21 Å². The van der Waals surface area contributed by atoms with Crippen LogP contribution in [0.4, 0.5) is 0 Å². The molecule has 0 unspecified atom stereocenters. The standard InChI is InChI=1S/C24H30N2O4S/c1-30-21-7-9-22(10-8-21)31(28,29)26-17-14-24(15-18-26)12-11-23(27)25(16-13-24)19-20-5-3-2-4-6-20/h2-10H,11-19H2,1H3. The van der Waals surface area contributed by atoms with Gasteiger partial charge in [-0.3, -0.25) is 4.79 Å². The summed E-state index contributed by atoms with van der Waals surface area (Å²) < 4.78 is 32.8. The van der Waals surface area contributed by atoms with Crippen LogP contribution in [0.5, 0.6) is 5.75 Å². The lowest BCUT2D eigenvalue weighted by Crippen LogP contribution is -2.43. The Morgan fingerprint density at radius 2 is 1.55 bits per heavy atom. The van der Waals surface area contributed by atoms with Crippen LogP contribution in [0, 0.1) is 5.41 Å². The minimum Gasteiger partial charge on any atom is -0.497 e. The SMILES string of the molecule is COc1ccc(S(=O)(=O)N2CCC3(CCC(=O)N(Cc4ccccc4)CC3)CC2)cc1. The minimum atomic E-state index is -3.51. The molecule has 0 aliphatic carbocycles. The highest BCUT2D eigenvalue weighted by atomic mass is 32.2. The van der Waals surface area contributed by atoms with Crippen molar-refractivity contribution in [3.63, 3.8) is 0 Å². The van der Waals surface area contributed by atoms with E-state index in [0.717, 1.165) is 37.8 Å². The molecule has 0 aromatic heterocycles. The number of hydrogen-bond acceptors (Lipinski definition) is 4. The molecule has 2 aliphatic heterocycles. The number of sulfonamides is 1. The van der Waals surface area contributed by atoms with E-state index in [1.807, 2.05) is 23.1 Å². The first-order valence-corrected chi connectivity index (χ1v) is 12.3. The molecule has 166 valence electrons. The van der Waals surface area contributed by atoms with Gasteiger partial charge in [0, 0.05) is 32.6 Å². The second-order valence-electron chi connectivity index (χ2n) is 8.63. The molecule has 2 aromatic rings. The van der Waals surface area contributed by atoms with E-state index in [-0.39, 0.29) is 11.3 Å². The van der Waals surface area contributed by atoms with Gasteiger partial charge in [-0.2, -0.15) is 4.31 Å². The summed E-state index contributed by atoms with van der Waals surface area (Å²) in [5.74, 6) is 0.841. The summed E-state index contributed by atoms with van der Waals surface area (Å²) in [7, 11) is -1.95. The van der Waals surface area contributed by atoms with Gasteiger partial charge in [0.2, 0.25) is 15.9 Å². The largest absolute Gasteiger partial charge is 0.497 e. The van der Waals surface area contributed by atoms with Crippen LogP contribution in [0.1, 0.15) is 37.7 Å². The van der Waals surface area contributed by atoms with Crippen molar-refractivity contribution in [3.05, 3.63) is 60.2 Å². The zero-order valence-electron chi connectivity index (χ0n) is 18.0. The van der Waals surface area contributed by atoms with Gasteiger partial charge in [-0.25, -0.2) is 8.42 Å². The number of carbonyl (C=O) groups is 1. The van der Waals surface area contributed by atoms with E-state index in [9.17, 15) is 13.2 Å². The van der Waals surface area contributed by atoms with E-state index >= 15 is 0 Å². The summed E-state index contributed by atoms with van der Waals surface area (Å²) in [6, 6.07) is 16.6. The van der Waals surface area contributed by atoms with E-state index in [1.165, 1.54) is 0 Å². The third-order valence-electron chi connectivity index (χ3n) is 6.83. The Morgan fingerprint density at radius 3 is 2.19 bits per heavy atom. The summed E-state index contributed by atoms with van der Waals surface area (Å²) in [4.78, 5) is 15.0. The Morgan fingerprint density at radius 1 is 0.903 bits per heavy atom. The number of hydrogen-bond donors (Lipinski definition) is 0. The third-order valence-corrected chi connectivity index (χ3v) is 8.74. The molecule has 2 fully saturated rings. The number of likely N-dealkylation sites (tertiary alicyclic amines) is 1. The van der Waals surface area contributed by atoms with Gasteiger partial charge in [0.05, 0.1) is 12.0 Å². The fourth-order valence-corrected chi connectivity index (χ4v) is 6.16. The number of amides is 1. The van der Waals surface area contributed by atoms with Crippen molar-refractivity contribution in [2.75, 3.05) is 26.7 Å². The van der Waals surface area contributed by atoms with Gasteiger partial charge >= 0.3 is 0 Å². The summed E-state index contributed by atoms with van der Waals surface area (Å²) in [5, 5.41) is 0. The number of rotatable bonds is 5. The first kappa shape index (κ1) is 21.8. The molecule has 7 heteroatoms. The molecule has 6 nitrogen and oxygen atoms in total. The lowest BCUT2D eigenvalue weighted by Gasteiger charge is -2.40. The summed E-state index contributed by atoms with van der Waals surface area (Å²) in [6.45, 7) is 2.38. The fraction of sp³-hybridized carbons (Fsp3) is 0.458. The second-order valence-corrected chi connectivity index (χ2v) is 10.6. The highest BCUT2D eigenvalue weighted by Crippen LogP contribution is 2.42. The van der Waals surface area contributed by atoms with Crippen molar-refractivity contribution in [3.8, 4) is 5.75 Å². The zero-order chi connectivity index (χ0) is 21.9. The van der Waals surface area contributed by atoms with E-state index < -0.39 is 10.0 Å². The Balaban J connectivity index is 1.39. The quantitative estimate of drug-likeness (QED) is 0.709. The maximum atomic E-state index is 13.1. The Bertz CT molecular complexity index is 998. The lowest BCUT2D eigenvalue weighted by atomic mass is 9.73. The average molecular weight is 443 g/mol. The smallest absolute Gasteiger partial charge is 0.243 e. The first-order valence-electron chi connectivity index (χ1n) is 10.9. The number of carbonyl (C=O) groups excluding carboxylic acids is 1. The number of benzene rings is 2. The molecule has 2 aromatic carbocycles. The molecule has 2 heterocycles. The van der Waals surface area contributed by atoms with Gasteiger partial charge in [-0.15, -0.1) is 0 Å². The van der Waals surface area contributed by atoms with E-state index in [2.05, 4.69) is 12.1 Å². The van der Waals surface area contributed by atoms with Crippen LogP contribution in [-0.2, 0) is 21.4 Å². The molecule has 1 amide bonds.